The van der Waals surface area contributed by atoms with E-state index in [0.29, 0.717) is 0 Å². The van der Waals surface area contributed by atoms with Gasteiger partial charge in [-0.3, -0.25) is 0 Å². The molecule has 8 aliphatic heterocycles. The Morgan fingerprint density at radius 1 is 0.282 bits per heavy atom. The first kappa shape index (κ1) is 37.0. The normalized spacial score (nSPS) is 14.9. The minimum Gasteiger partial charge on any atom is -0.458 e. The molecule has 0 aromatic heterocycles. The lowest BCUT2D eigenvalue weighted by atomic mass is 9.28. The van der Waals surface area contributed by atoms with Crippen molar-refractivity contribution in [2.24, 2.45) is 0 Å². The quantitative estimate of drug-likeness (QED) is 0.200. The van der Waals surface area contributed by atoms with E-state index in [1.165, 1.54) is 55.3 Å². The summed E-state index contributed by atoms with van der Waals surface area (Å²) in [6.45, 7) is -0.326. The lowest BCUT2D eigenvalue weighted by Crippen LogP contribution is -2.69. The molecule has 0 amide bonds. The zero-order valence-corrected chi connectivity index (χ0v) is 37.8. The highest BCUT2D eigenvalue weighted by Crippen LogP contribution is 2.49. The summed E-state index contributed by atoms with van der Waals surface area (Å²) in [7, 11) is 0. The number of para-hydroxylation sites is 5. The maximum absolute atomic E-state index is 7.43. The van der Waals surface area contributed by atoms with Crippen LogP contribution in [-0.2, 0) is 0 Å². The van der Waals surface area contributed by atoms with Crippen LogP contribution in [-0.4, -0.2) is 26.9 Å². The summed E-state index contributed by atoms with van der Waals surface area (Å²) >= 11 is 0. The van der Waals surface area contributed by atoms with Gasteiger partial charge < -0.3 is 34.1 Å². The van der Waals surface area contributed by atoms with Gasteiger partial charge in [-0.05, 0) is 121 Å². The number of hydrogen-bond acceptors (Lipinski definition) is 7. The third kappa shape index (κ3) is 4.60. The number of ether oxygens (including phenoxy) is 4. The zero-order chi connectivity index (χ0) is 45.8. The summed E-state index contributed by atoms with van der Waals surface area (Å²) in [5.74, 6) is 6.74. The Kier molecular flexibility index (Phi) is 6.79. The van der Waals surface area contributed by atoms with E-state index in [-0.39, 0.29) is 26.9 Å². The summed E-state index contributed by atoms with van der Waals surface area (Å²) in [6, 6.07) is 70.2. The lowest BCUT2D eigenvalue weighted by molar-refractivity contribution is 0.464. The average Bonchev–Trinajstić information content (AvgIpc) is 3.42. The molecular weight excluding hydrogens is 870 g/mol. The van der Waals surface area contributed by atoms with Crippen LogP contribution < -0.4 is 99.6 Å². The van der Waals surface area contributed by atoms with Gasteiger partial charge >= 0.3 is 0 Å². The third-order valence-electron chi connectivity index (χ3n) is 16.5. The van der Waals surface area contributed by atoms with Crippen LogP contribution in [0.25, 0.3) is 0 Å². The largest absolute Gasteiger partial charge is 0.458 e. The van der Waals surface area contributed by atoms with Crippen LogP contribution in [0.2, 0.25) is 0 Å². The van der Waals surface area contributed by atoms with Crippen molar-refractivity contribution in [3.05, 3.63) is 194 Å². The third-order valence-corrected chi connectivity index (χ3v) is 16.5. The van der Waals surface area contributed by atoms with E-state index in [1.54, 1.807) is 0 Å². The molecule has 11 heteroatoms. The molecule has 0 radical (unpaired) electrons. The van der Waals surface area contributed by atoms with Crippen molar-refractivity contribution in [2.45, 2.75) is 0 Å². The number of benzene rings is 10. The van der Waals surface area contributed by atoms with Gasteiger partial charge in [0.2, 0.25) is 0 Å². The Morgan fingerprint density at radius 3 is 1.55 bits per heavy atom. The average molecular weight is 903 g/mol. The molecule has 8 heterocycles. The summed E-state index contributed by atoms with van der Waals surface area (Å²) in [4.78, 5) is 4.99. The zero-order valence-electron chi connectivity index (χ0n) is 37.8. The van der Waals surface area contributed by atoms with Gasteiger partial charge in [-0.15, -0.1) is 0 Å². The summed E-state index contributed by atoms with van der Waals surface area (Å²) in [5.41, 5.74) is 23.2. The second kappa shape index (κ2) is 13.0. The minimum atomic E-state index is -0.122. The van der Waals surface area contributed by atoms with E-state index in [2.05, 4.69) is 203 Å². The Labute approximate surface area is 410 Å². The van der Waals surface area contributed by atoms with E-state index >= 15 is 0 Å². The molecule has 0 aliphatic carbocycles. The Bertz CT molecular complexity index is 4120. The van der Waals surface area contributed by atoms with Crippen molar-refractivity contribution in [3.63, 3.8) is 0 Å². The summed E-state index contributed by atoms with van der Waals surface area (Å²) < 4.78 is 27.9. The fourth-order valence-electron chi connectivity index (χ4n) is 13.8. The molecule has 324 valence electrons. The van der Waals surface area contributed by atoms with E-state index in [9.17, 15) is 0 Å². The second-order valence-electron chi connectivity index (χ2n) is 19.8. The first-order chi connectivity index (χ1) is 35.2. The fourth-order valence-corrected chi connectivity index (χ4v) is 13.8. The minimum absolute atomic E-state index is 0.0147. The van der Waals surface area contributed by atoms with Crippen molar-refractivity contribution >= 4 is 138 Å². The highest BCUT2D eigenvalue weighted by molar-refractivity contribution is 7.06. The van der Waals surface area contributed by atoms with Crippen LogP contribution in [0.1, 0.15) is 0 Å². The Morgan fingerprint density at radius 2 is 0.789 bits per heavy atom. The fraction of sp³-hybridized carbons (Fsp3) is 0. The number of fused-ring (bicyclic) bond motifs is 18. The van der Waals surface area contributed by atoms with Crippen LogP contribution >= 0.6 is 0 Å². The van der Waals surface area contributed by atoms with Crippen molar-refractivity contribution in [1.82, 2.24) is 0 Å². The molecule has 0 bridgehead atoms. The van der Waals surface area contributed by atoms with Crippen LogP contribution in [0.3, 0.4) is 0 Å². The standard InChI is InChI=1S/C60H33B4N3O4/c1-2-14-33(15-3-1)66-46-30-52-39(64-37-19-7-11-24-48(37)68-50-26-13-27-51(70-52)58(50)64)28-38(46)62-35-17-5-9-22-44(35)67-45-23-10-6-18-36(45)63-41-29-40-53(32-54(41)71-55-31-47(66)57(62)60(67)59(55)63)69-49-25-12-21-43-56(49)61(40)34-16-4-8-20-42(34)65-43/h1-32,65H. The monoisotopic (exact) mass is 903 g/mol. The Balaban J connectivity index is 0.918. The van der Waals surface area contributed by atoms with Crippen LogP contribution in [0, 0.1) is 0 Å². The maximum atomic E-state index is 7.43. The molecule has 7 nitrogen and oxygen atoms in total. The molecule has 0 unspecified atom stereocenters. The highest BCUT2D eigenvalue weighted by Gasteiger charge is 2.53. The van der Waals surface area contributed by atoms with E-state index < -0.39 is 0 Å². The molecule has 71 heavy (non-hydrogen) atoms. The molecule has 0 spiro atoms. The van der Waals surface area contributed by atoms with Gasteiger partial charge in [-0.1, -0.05) is 115 Å². The highest BCUT2D eigenvalue weighted by atomic mass is 16.5. The van der Waals surface area contributed by atoms with Crippen LogP contribution in [0.4, 0.5) is 45.5 Å². The topological polar surface area (TPSA) is 55.4 Å². The lowest BCUT2D eigenvalue weighted by Gasteiger charge is -2.49. The van der Waals surface area contributed by atoms with Gasteiger partial charge in [0.25, 0.3) is 26.9 Å². The number of nitrogens with one attached hydrogen (secondary N) is 1. The molecule has 1 N–H and O–H groups in total. The van der Waals surface area contributed by atoms with Crippen molar-refractivity contribution in [1.29, 1.82) is 0 Å². The van der Waals surface area contributed by atoms with Crippen LogP contribution in [0.5, 0.6) is 46.0 Å². The number of nitrogens with zero attached hydrogens (tertiary/aromatic N) is 2. The van der Waals surface area contributed by atoms with Gasteiger partial charge in [0.1, 0.15) is 46.0 Å². The van der Waals surface area contributed by atoms with Gasteiger partial charge in [0, 0.05) is 69.2 Å². The van der Waals surface area contributed by atoms with Gasteiger partial charge in [-0.25, -0.2) is 0 Å². The molecule has 10 aromatic carbocycles. The molecule has 10 aromatic rings. The number of hydrogen-bond donors (Lipinski definition) is 1. The molecule has 0 saturated carbocycles. The molecule has 18 rings (SSSR count). The molecule has 0 atom stereocenters. The van der Waals surface area contributed by atoms with Gasteiger partial charge in [0.05, 0.1) is 0 Å². The molecule has 8 aliphatic rings. The van der Waals surface area contributed by atoms with Crippen LogP contribution in [0.15, 0.2) is 194 Å². The molecule has 0 fully saturated rings. The van der Waals surface area contributed by atoms with Gasteiger partial charge in [-0.2, -0.15) is 0 Å². The summed E-state index contributed by atoms with van der Waals surface area (Å²) in [5, 5.41) is 3.72. The smallest absolute Gasteiger partial charge is 0.260 e. The predicted molar refractivity (Wildman–Crippen MR) is 290 cm³/mol. The molecular formula is C60H33B4N3O4. The Hall–Kier alpha value is -8.94. The van der Waals surface area contributed by atoms with Crippen molar-refractivity contribution < 1.29 is 18.9 Å². The first-order valence-electron chi connectivity index (χ1n) is 24.5. The van der Waals surface area contributed by atoms with E-state index in [4.69, 9.17) is 18.9 Å². The van der Waals surface area contributed by atoms with Crippen molar-refractivity contribution in [2.75, 3.05) is 15.1 Å². The second-order valence-corrected chi connectivity index (χ2v) is 19.8. The number of anilines is 8. The molecule has 0 saturated heterocycles. The van der Waals surface area contributed by atoms with Crippen molar-refractivity contribution in [3.8, 4) is 46.0 Å². The SMILES string of the molecule is c1ccc(N2c3cc4c(cc3B3c5ccccc5N5c6ccccc6B6c7cc8c(cc7Oc7cc2c3c5c76)Oc2cccc3c2B8c2ccccc2N3)B2c3ccccc3Oc3cccc(c32)O4)cc1. The van der Waals surface area contributed by atoms with E-state index in [0.717, 1.165) is 102 Å². The predicted octanol–water partition coefficient (Wildman–Crippen LogP) is 6.11. The van der Waals surface area contributed by atoms with E-state index in [1.807, 2.05) is 6.07 Å². The maximum Gasteiger partial charge on any atom is 0.260 e. The van der Waals surface area contributed by atoms with Gasteiger partial charge in [0.15, 0.2) is 0 Å². The summed E-state index contributed by atoms with van der Waals surface area (Å²) in [6.07, 6.45) is 0. The number of rotatable bonds is 1. The first-order valence-corrected chi connectivity index (χ1v) is 24.5.